The van der Waals surface area contributed by atoms with E-state index < -0.39 is 35.9 Å². The average Bonchev–Trinajstić information content (AvgIpc) is 4.00. The van der Waals surface area contributed by atoms with Crippen LogP contribution in [0, 0.1) is 37.5 Å². The van der Waals surface area contributed by atoms with Gasteiger partial charge >= 0.3 is 12.4 Å². The fraction of sp³-hybridized carbons (Fsp3) is 0.391. The number of nitrogens with one attached hydrogen (secondary N) is 2. The van der Waals surface area contributed by atoms with Gasteiger partial charge in [0.25, 0.3) is 0 Å². The second-order valence-corrected chi connectivity index (χ2v) is 19.1. The summed E-state index contributed by atoms with van der Waals surface area (Å²) in [5.41, 5.74) is 13.2. The molecule has 0 saturated heterocycles. The number of carbonyl (C=O) groups is 2. The predicted octanol–water partition coefficient (Wildman–Crippen LogP) is 9.99. The van der Waals surface area contributed by atoms with E-state index in [4.69, 9.17) is 11.5 Å². The van der Waals surface area contributed by atoms with Gasteiger partial charge in [-0.15, -0.1) is 22.7 Å². The number of aromatic nitrogens is 6. The summed E-state index contributed by atoms with van der Waals surface area (Å²) >= 11 is 2.73. The molecule has 2 fully saturated rings. The second-order valence-electron chi connectivity index (χ2n) is 17.0. The lowest BCUT2D eigenvalue weighted by Crippen LogP contribution is -2.29. The maximum atomic E-state index is 12.9. The van der Waals surface area contributed by atoms with Crippen LogP contribution in [0.5, 0.6) is 0 Å². The summed E-state index contributed by atoms with van der Waals surface area (Å²) in [5, 5.41) is 28.5. The summed E-state index contributed by atoms with van der Waals surface area (Å²) in [6, 6.07) is 12.6. The lowest BCUT2D eigenvalue weighted by atomic mass is 9.79. The van der Waals surface area contributed by atoms with E-state index in [1.54, 1.807) is 36.7 Å². The van der Waals surface area contributed by atoms with Crippen LogP contribution in [0.25, 0.3) is 20.9 Å². The molecule has 2 aromatic carbocycles. The third-order valence-corrected chi connectivity index (χ3v) is 14.2. The summed E-state index contributed by atoms with van der Waals surface area (Å²) in [5.74, 6) is -1.11. The van der Waals surface area contributed by atoms with E-state index in [9.17, 15) is 46.1 Å². The standard InChI is InChI=1S/2C23H24F3N5O2S/c2*1-12-8-15(10-16(9-12)30-22-28-7-6-18(31-22)23(24,25)26)17-11-29-21(34-17)19(32)13-2-4-14(5-3-13)20(27)33/h2*6-11,13-14,19,32H,2-5H2,1H3,(H2,27,33)(H,28,30,31). The molecule has 2 aliphatic carbocycles. The molecule has 4 aromatic heterocycles. The number of alkyl halides is 6. The normalized spacial score (nSPS) is 19.6. The highest BCUT2D eigenvalue weighted by Gasteiger charge is 2.35. The Morgan fingerprint density at radius 2 is 0.971 bits per heavy atom. The lowest BCUT2D eigenvalue weighted by Gasteiger charge is -2.29. The van der Waals surface area contributed by atoms with Crippen molar-refractivity contribution in [2.75, 3.05) is 10.6 Å². The summed E-state index contributed by atoms with van der Waals surface area (Å²) < 4.78 is 77.7. The highest BCUT2D eigenvalue weighted by molar-refractivity contribution is 7.15. The molecule has 0 spiro atoms. The number of halogens is 6. The monoisotopic (exact) mass is 982 g/mol. The van der Waals surface area contributed by atoms with Gasteiger partial charge in [0.15, 0.2) is 0 Å². The third kappa shape index (κ3) is 12.7. The molecule has 22 heteroatoms. The molecule has 8 N–H and O–H groups in total. The summed E-state index contributed by atoms with van der Waals surface area (Å²) in [7, 11) is 0. The van der Waals surface area contributed by atoms with E-state index in [0.717, 1.165) is 56.5 Å². The minimum atomic E-state index is -4.56. The molecule has 360 valence electrons. The van der Waals surface area contributed by atoms with Crippen LogP contribution in [0.15, 0.2) is 73.3 Å². The highest BCUT2D eigenvalue weighted by Crippen LogP contribution is 2.42. The molecule has 2 atom stereocenters. The van der Waals surface area contributed by atoms with Crippen molar-refractivity contribution in [1.82, 2.24) is 29.9 Å². The van der Waals surface area contributed by atoms with Gasteiger partial charge in [-0.25, -0.2) is 29.9 Å². The number of hydrogen-bond donors (Lipinski definition) is 6. The zero-order valence-electron chi connectivity index (χ0n) is 36.7. The zero-order chi connectivity index (χ0) is 48.9. The number of anilines is 4. The van der Waals surface area contributed by atoms with E-state index in [2.05, 4.69) is 40.5 Å². The number of benzene rings is 2. The first-order valence-electron chi connectivity index (χ1n) is 21.6. The van der Waals surface area contributed by atoms with Crippen molar-refractivity contribution in [2.45, 2.75) is 89.8 Å². The molecular weight excluding hydrogens is 935 g/mol. The van der Waals surface area contributed by atoms with Crippen LogP contribution in [0.1, 0.15) is 96.1 Å². The Morgan fingerprint density at radius 3 is 1.31 bits per heavy atom. The van der Waals surface area contributed by atoms with Gasteiger partial charge in [0, 0.05) is 48.0 Å². The van der Waals surface area contributed by atoms with Gasteiger partial charge in [0.1, 0.15) is 33.6 Å². The Labute approximate surface area is 394 Å². The van der Waals surface area contributed by atoms with Crippen molar-refractivity contribution in [1.29, 1.82) is 0 Å². The molecule has 6 aromatic rings. The maximum Gasteiger partial charge on any atom is 0.433 e. The molecule has 2 unspecified atom stereocenters. The Balaban J connectivity index is 0.000000201. The Bertz CT molecular complexity index is 2530. The van der Waals surface area contributed by atoms with E-state index in [1.165, 1.54) is 22.7 Å². The summed E-state index contributed by atoms with van der Waals surface area (Å²) in [6.45, 7) is 3.74. The van der Waals surface area contributed by atoms with Crippen LogP contribution in [0.3, 0.4) is 0 Å². The lowest BCUT2D eigenvalue weighted by molar-refractivity contribution is -0.141. The molecule has 0 aliphatic heterocycles. The fourth-order valence-corrected chi connectivity index (χ4v) is 10.3. The van der Waals surface area contributed by atoms with Crippen molar-refractivity contribution in [2.24, 2.45) is 35.1 Å². The van der Waals surface area contributed by atoms with Crippen molar-refractivity contribution in [3.05, 3.63) is 106 Å². The van der Waals surface area contributed by atoms with Crippen molar-refractivity contribution < 1.29 is 46.1 Å². The zero-order valence-corrected chi connectivity index (χ0v) is 38.3. The summed E-state index contributed by atoms with van der Waals surface area (Å²) in [6.07, 6.45) is 0.393. The van der Waals surface area contributed by atoms with Crippen LogP contribution < -0.4 is 22.1 Å². The number of nitrogens with zero attached hydrogens (tertiary/aromatic N) is 6. The number of rotatable bonds is 12. The van der Waals surface area contributed by atoms with E-state index >= 15 is 0 Å². The minimum absolute atomic E-state index is 0.0161. The molecule has 14 nitrogen and oxygen atoms in total. The smallest absolute Gasteiger partial charge is 0.386 e. The van der Waals surface area contributed by atoms with Gasteiger partial charge in [0.2, 0.25) is 23.7 Å². The minimum Gasteiger partial charge on any atom is -0.386 e. The van der Waals surface area contributed by atoms with E-state index in [-0.39, 0.29) is 47.4 Å². The van der Waals surface area contributed by atoms with E-state index in [1.807, 2.05) is 26.0 Å². The topological polar surface area (TPSA) is 228 Å². The molecule has 2 saturated carbocycles. The Morgan fingerprint density at radius 1 is 0.603 bits per heavy atom. The van der Waals surface area contributed by atoms with Crippen molar-refractivity contribution in [3.8, 4) is 20.9 Å². The number of aliphatic hydroxyl groups excluding tert-OH is 2. The number of aliphatic hydroxyl groups is 2. The SMILES string of the molecule is Cc1cc(Nc2nccc(C(F)(F)F)n2)cc(-c2cnc(C(O)C3CCC(C(N)=O)CC3)s2)c1.Cc1cc(Nc2nccc(C(F)(F)F)n2)cc(-c2cnc(C(O)C3CCC(C(N)=O)CC3)s2)c1. The van der Waals surface area contributed by atoms with Gasteiger partial charge in [-0.3, -0.25) is 9.59 Å². The van der Waals surface area contributed by atoms with Crippen LogP contribution in [-0.4, -0.2) is 51.9 Å². The number of primary amides is 2. The molecule has 8 rings (SSSR count). The van der Waals surface area contributed by atoms with Gasteiger partial charge < -0.3 is 32.3 Å². The van der Waals surface area contributed by atoms with Crippen LogP contribution >= 0.6 is 22.7 Å². The highest BCUT2D eigenvalue weighted by atomic mass is 32.1. The Hall–Kier alpha value is -6.10. The number of amides is 2. The third-order valence-electron chi connectivity index (χ3n) is 11.9. The van der Waals surface area contributed by atoms with Crippen LogP contribution in [0.4, 0.5) is 49.6 Å². The second kappa shape index (κ2) is 21.0. The molecule has 2 amide bonds. The van der Waals surface area contributed by atoms with Gasteiger partial charge in [-0.1, -0.05) is 12.1 Å². The quantitative estimate of drug-likeness (QED) is 0.0630. The summed E-state index contributed by atoms with van der Waals surface area (Å²) in [4.78, 5) is 48.1. The molecular formula is C46H48F6N10O4S2. The number of aryl methyl sites for hydroxylation is 2. The maximum absolute atomic E-state index is 12.9. The van der Waals surface area contributed by atoms with Crippen molar-refractivity contribution >= 4 is 57.8 Å². The van der Waals surface area contributed by atoms with Crippen molar-refractivity contribution in [3.63, 3.8) is 0 Å². The molecule has 68 heavy (non-hydrogen) atoms. The Kier molecular flexibility index (Phi) is 15.4. The van der Waals surface area contributed by atoms with Crippen LogP contribution in [-0.2, 0) is 21.9 Å². The molecule has 2 aliphatic rings. The van der Waals surface area contributed by atoms with E-state index in [0.29, 0.717) is 72.8 Å². The first kappa shape index (κ1) is 49.8. The molecule has 0 radical (unpaired) electrons. The predicted molar refractivity (Wildman–Crippen MR) is 244 cm³/mol. The molecule has 0 bridgehead atoms. The van der Waals surface area contributed by atoms with Gasteiger partial charge in [0.05, 0.1) is 9.75 Å². The average molecular weight is 983 g/mol. The largest absolute Gasteiger partial charge is 0.433 e. The molecule has 4 heterocycles. The van der Waals surface area contributed by atoms with Gasteiger partial charge in [-0.2, -0.15) is 26.3 Å². The number of nitrogens with two attached hydrogens (primary N) is 2. The fourth-order valence-electron chi connectivity index (χ4n) is 8.36. The number of hydrogen-bond acceptors (Lipinski definition) is 14. The first-order valence-corrected chi connectivity index (χ1v) is 23.3. The van der Waals surface area contributed by atoms with Gasteiger partial charge in [-0.05, 0) is 136 Å². The van der Waals surface area contributed by atoms with Crippen LogP contribution in [0.2, 0.25) is 0 Å². The number of carbonyl (C=O) groups excluding carboxylic acids is 2. The first-order chi connectivity index (χ1) is 32.2. The number of thiazole rings is 2.